The SMILES string of the molecule is CNc1ncc([N+](=O)[O-])c(NCc2ccno2)n1. The van der Waals surface area contributed by atoms with E-state index < -0.39 is 4.92 Å². The number of nitrogens with one attached hydrogen (secondary N) is 2. The van der Waals surface area contributed by atoms with Gasteiger partial charge in [-0.3, -0.25) is 10.1 Å². The van der Waals surface area contributed by atoms with E-state index in [4.69, 9.17) is 4.52 Å². The molecule has 2 aromatic heterocycles. The second-order valence-electron chi connectivity index (χ2n) is 3.27. The fourth-order valence-electron chi connectivity index (χ4n) is 1.26. The van der Waals surface area contributed by atoms with Crippen LogP contribution >= 0.6 is 0 Å². The third-order valence-electron chi connectivity index (χ3n) is 2.11. The van der Waals surface area contributed by atoms with Crippen LogP contribution in [0.4, 0.5) is 17.5 Å². The van der Waals surface area contributed by atoms with Gasteiger partial charge in [-0.05, 0) is 0 Å². The summed E-state index contributed by atoms with van der Waals surface area (Å²) in [7, 11) is 1.63. The molecule has 0 saturated heterocycles. The minimum atomic E-state index is -0.553. The number of hydrogen-bond donors (Lipinski definition) is 2. The molecule has 0 bridgehead atoms. The van der Waals surface area contributed by atoms with Crippen LogP contribution in [0.3, 0.4) is 0 Å². The van der Waals surface area contributed by atoms with Crippen molar-refractivity contribution in [1.29, 1.82) is 0 Å². The van der Waals surface area contributed by atoms with Crippen LogP contribution < -0.4 is 10.6 Å². The smallest absolute Gasteiger partial charge is 0.329 e. The maximum Gasteiger partial charge on any atom is 0.329 e. The molecule has 0 atom stereocenters. The molecular weight excluding hydrogens is 240 g/mol. The molecule has 0 spiro atoms. The summed E-state index contributed by atoms with van der Waals surface area (Å²) >= 11 is 0. The molecule has 0 saturated carbocycles. The lowest BCUT2D eigenvalue weighted by Gasteiger charge is -2.05. The molecule has 9 heteroatoms. The summed E-state index contributed by atoms with van der Waals surface area (Å²) in [5, 5.41) is 19.9. The molecule has 0 radical (unpaired) electrons. The average Bonchev–Trinajstić information content (AvgIpc) is 2.88. The van der Waals surface area contributed by atoms with Crippen molar-refractivity contribution in [3.63, 3.8) is 0 Å². The molecule has 0 aromatic carbocycles. The summed E-state index contributed by atoms with van der Waals surface area (Å²) in [5.41, 5.74) is -0.200. The van der Waals surface area contributed by atoms with Crippen LogP contribution in [-0.2, 0) is 6.54 Å². The van der Waals surface area contributed by atoms with Crippen LogP contribution in [0.15, 0.2) is 23.0 Å². The summed E-state index contributed by atoms with van der Waals surface area (Å²) in [6, 6.07) is 1.65. The Hall–Kier alpha value is -2.71. The zero-order valence-electron chi connectivity index (χ0n) is 9.45. The Balaban J connectivity index is 2.20. The Labute approximate surface area is 101 Å². The third-order valence-corrected chi connectivity index (χ3v) is 2.11. The lowest BCUT2D eigenvalue weighted by molar-refractivity contribution is -0.384. The van der Waals surface area contributed by atoms with Crippen molar-refractivity contribution in [2.45, 2.75) is 6.54 Å². The summed E-state index contributed by atoms with van der Waals surface area (Å²) in [4.78, 5) is 18.0. The van der Waals surface area contributed by atoms with Crippen LogP contribution in [0.1, 0.15) is 5.76 Å². The highest BCUT2D eigenvalue weighted by molar-refractivity contribution is 5.56. The summed E-state index contributed by atoms with van der Waals surface area (Å²) in [6.07, 6.45) is 2.63. The van der Waals surface area contributed by atoms with E-state index in [2.05, 4.69) is 25.8 Å². The first-order valence-corrected chi connectivity index (χ1v) is 5.03. The van der Waals surface area contributed by atoms with Gasteiger partial charge in [0, 0.05) is 13.1 Å². The standard InChI is InChI=1S/C9H10N6O3/c1-10-9-12-5-7(15(16)17)8(14-9)11-4-6-2-3-13-18-6/h2-3,5H,4H2,1H3,(H2,10,11,12,14). The van der Waals surface area contributed by atoms with Gasteiger partial charge in [-0.2, -0.15) is 4.98 Å². The normalized spacial score (nSPS) is 10.1. The van der Waals surface area contributed by atoms with E-state index in [-0.39, 0.29) is 18.1 Å². The van der Waals surface area contributed by atoms with Crippen LogP contribution in [0.5, 0.6) is 0 Å². The molecule has 9 nitrogen and oxygen atoms in total. The van der Waals surface area contributed by atoms with Crippen LogP contribution in [0, 0.1) is 10.1 Å². The average molecular weight is 250 g/mol. The van der Waals surface area contributed by atoms with Crippen molar-refractivity contribution in [3.05, 3.63) is 34.3 Å². The minimum Gasteiger partial charge on any atom is -0.360 e. The van der Waals surface area contributed by atoms with Crippen molar-refractivity contribution in [2.75, 3.05) is 17.7 Å². The highest BCUT2D eigenvalue weighted by atomic mass is 16.6. The van der Waals surface area contributed by atoms with Crippen LogP contribution in [0.2, 0.25) is 0 Å². The maximum atomic E-state index is 10.8. The van der Waals surface area contributed by atoms with Gasteiger partial charge in [0.15, 0.2) is 5.76 Å². The van der Waals surface area contributed by atoms with Gasteiger partial charge < -0.3 is 15.2 Å². The summed E-state index contributed by atoms with van der Waals surface area (Å²) < 4.78 is 4.87. The fourth-order valence-corrected chi connectivity index (χ4v) is 1.26. The van der Waals surface area contributed by atoms with Gasteiger partial charge >= 0.3 is 5.69 Å². The van der Waals surface area contributed by atoms with Crippen LogP contribution in [0.25, 0.3) is 0 Å². The first-order valence-electron chi connectivity index (χ1n) is 5.03. The molecule has 0 amide bonds. The van der Waals surface area contributed by atoms with Gasteiger partial charge in [-0.25, -0.2) is 4.98 Å². The number of aromatic nitrogens is 3. The second-order valence-corrected chi connectivity index (χ2v) is 3.27. The Morgan fingerprint density at radius 2 is 2.39 bits per heavy atom. The van der Waals surface area contributed by atoms with E-state index in [0.29, 0.717) is 11.7 Å². The fraction of sp³-hybridized carbons (Fsp3) is 0.222. The Morgan fingerprint density at radius 3 is 3.00 bits per heavy atom. The molecule has 2 heterocycles. The Kier molecular flexibility index (Phi) is 3.32. The topological polar surface area (TPSA) is 119 Å². The first kappa shape index (κ1) is 11.8. The largest absolute Gasteiger partial charge is 0.360 e. The molecule has 94 valence electrons. The number of anilines is 2. The van der Waals surface area contributed by atoms with Gasteiger partial charge in [0.25, 0.3) is 0 Å². The number of hydrogen-bond acceptors (Lipinski definition) is 8. The lowest BCUT2D eigenvalue weighted by atomic mass is 10.4. The first-order chi connectivity index (χ1) is 8.70. The highest BCUT2D eigenvalue weighted by Gasteiger charge is 2.17. The van der Waals surface area contributed by atoms with Crippen molar-refractivity contribution >= 4 is 17.5 Å². The molecule has 18 heavy (non-hydrogen) atoms. The Morgan fingerprint density at radius 1 is 1.56 bits per heavy atom. The van der Waals surface area contributed by atoms with E-state index in [0.717, 1.165) is 6.20 Å². The summed E-state index contributed by atoms with van der Waals surface area (Å²) in [6.45, 7) is 0.251. The predicted octanol–water partition coefficient (Wildman–Crippen LogP) is 1.03. The third kappa shape index (κ3) is 2.51. The van der Waals surface area contributed by atoms with Crippen molar-refractivity contribution in [1.82, 2.24) is 15.1 Å². The second kappa shape index (κ2) is 5.08. The van der Waals surface area contributed by atoms with E-state index in [1.807, 2.05) is 0 Å². The number of rotatable bonds is 5. The molecular formula is C9H10N6O3. The van der Waals surface area contributed by atoms with Gasteiger partial charge in [-0.1, -0.05) is 5.16 Å². The van der Waals surface area contributed by atoms with E-state index in [1.54, 1.807) is 13.1 Å². The van der Waals surface area contributed by atoms with Crippen molar-refractivity contribution in [3.8, 4) is 0 Å². The maximum absolute atomic E-state index is 10.8. The van der Waals surface area contributed by atoms with Gasteiger partial charge in [0.05, 0.1) is 17.7 Å². The zero-order valence-corrected chi connectivity index (χ0v) is 9.45. The zero-order chi connectivity index (χ0) is 13.0. The van der Waals surface area contributed by atoms with Gasteiger partial charge in [0.1, 0.15) is 6.20 Å². The number of nitrogens with zero attached hydrogens (tertiary/aromatic N) is 4. The van der Waals surface area contributed by atoms with E-state index in [9.17, 15) is 10.1 Å². The molecule has 0 aliphatic carbocycles. The van der Waals surface area contributed by atoms with Crippen molar-refractivity contribution < 1.29 is 9.45 Å². The van der Waals surface area contributed by atoms with Gasteiger partial charge in [-0.15, -0.1) is 0 Å². The molecule has 0 fully saturated rings. The summed E-state index contributed by atoms with van der Waals surface area (Å²) in [5.74, 6) is 0.963. The minimum absolute atomic E-state index is 0.121. The quantitative estimate of drug-likeness (QED) is 0.596. The monoisotopic (exact) mass is 250 g/mol. The Bertz CT molecular complexity index is 541. The highest BCUT2D eigenvalue weighted by Crippen LogP contribution is 2.22. The van der Waals surface area contributed by atoms with E-state index in [1.165, 1.54) is 6.20 Å². The van der Waals surface area contributed by atoms with Gasteiger partial charge in [0.2, 0.25) is 11.8 Å². The van der Waals surface area contributed by atoms with Crippen molar-refractivity contribution in [2.24, 2.45) is 0 Å². The predicted molar refractivity (Wildman–Crippen MR) is 62.1 cm³/mol. The lowest BCUT2D eigenvalue weighted by Crippen LogP contribution is -2.07. The number of nitro groups is 1. The molecule has 0 unspecified atom stereocenters. The molecule has 0 aliphatic rings. The molecule has 0 aliphatic heterocycles. The van der Waals surface area contributed by atoms with Crippen LogP contribution in [-0.4, -0.2) is 27.1 Å². The van der Waals surface area contributed by atoms with E-state index >= 15 is 0 Å². The molecule has 2 N–H and O–H groups in total. The molecule has 2 aromatic rings. The molecule has 2 rings (SSSR count).